The van der Waals surface area contributed by atoms with Crippen molar-refractivity contribution in [2.75, 3.05) is 11.9 Å². The van der Waals surface area contributed by atoms with Crippen LogP contribution in [-0.4, -0.2) is 21.7 Å². The molecule has 112 valence electrons. The Morgan fingerprint density at radius 2 is 2.14 bits per heavy atom. The maximum atomic E-state index is 4.29. The van der Waals surface area contributed by atoms with Crippen molar-refractivity contribution >= 4 is 32.4 Å². The van der Waals surface area contributed by atoms with Crippen molar-refractivity contribution in [1.29, 1.82) is 0 Å². The number of nitrogens with zero attached hydrogens (tertiary/aromatic N) is 3. The molecule has 0 aliphatic rings. The lowest BCUT2D eigenvalue weighted by molar-refractivity contribution is 0.985. The summed E-state index contributed by atoms with van der Waals surface area (Å²) in [7, 11) is 0. The largest absolute Gasteiger partial charge is 0.360 e. The van der Waals surface area contributed by atoms with Gasteiger partial charge in [-0.15, -0.1) is 10.2 Å². The Balaban J connectivity index is 1.65. The van der Waals surface area contributed by atoms with Crippen LogP contribution in [0.25, 0.3) is 10.6 Å². The predicted octanol–water partition coefficient (Wildman–Crippen LogP) is 4.33. The number of rotatable bonds is 5. The zero-order valence-electron chi connectivity index (χ0n) is 12.1. The van der Waals surface area contributed by atoms with E-state index in [1.165, 1.54) is 11.1 Å². The molecule has 0 saturated carbocycles. The van der Waals surface area contributed by atoms with Crippen LogP contribution in [0.4, 0.5) is 5.13 Å². The van der Waals surface area contributed by atoms with Gasteiger partial charge in [0.1, 0.15) is 5.01 Å². The van der Waals surface area contributed by atoms with E-state index in [1.807, 2.05) is 18.3 Å². The summed E-state index contributed by atoms with van der Waals surface area (Å²) in [4.78, 5) is 4.11. The fraction of sp³-hybridized carbons (Fsp3) is 0.188. The van der Waals surface area contributed by atoms with E-state index in [1.54, 1.807) is 17.5 Å². The van der Waals surface area contributed by atoms with Crippen molar-refractivity contribution in [2.24, 2.45) is 0 Å². The quantitative estimate of drug-likeness (QED) is 0.721. The number of aryl methyl sites for hydroxylation is 1. The second-order valence-electron chi connectivity index (χ2n) is 4.91. The van der Waals surface area contributed by atoms with Crippen molar-refractivity contribution < 1.29 is 0 Å². The molecule has 0 atom stereocenters. The smallest absolute Gasteiger partial charge is 0.206 e. The molecule has 6 heteroatoms. The number of halogens is 1. The minimum Gasteiger partial charge on any atom is -0.360 e. The molecule has 0 radical (unpaired) electrons. The van der Waals surface area contributed by atoms with Gasteiger partial charge in [-0.3, -0.25) is 4.98 Å². The monoisotopic (exact) mass is 374 g/mol. The number of aromatic nitrogens is 3. The molecule has 0 spiro atoms. The highest BCUT2D eigenvalue weighted by molar-refractivity contribution is 9.10. The third kappa shape index (κ3) is 3.69. The van der Waals surface area contributed by atoms with Crippen LogP contribution >= 0.6 is 27.3 Å². The maximum absolute atomic E-state index is 4.29. The molecule has 0 aliphatic heterocycles. The summed E-state index contributed by atoms with van der Waals surface area (Å²) in [5.41, 5.74) is 3.52. The molecule has 3 rings (SSSR count). The lowest BCUT2D eigenvalue weighted by Crippen LogP contribution is -2.04. The molecule has 3 aromatic rings. The molecular weight excluding hydrogens is 360 g/mol. The molecule has 0 fully saturated rings. The molecule has 2 heterocycles. The Morgan fingerprint density at radius 3 is 2.95 bits per heavy atom. The van der Waals surface area contributed by atoms with Crippen LogP contribution in [0.1, 0.15) is 11.1 Å². The number of nitrogens with one attached hydrogen (secondary N) is 1. The van der Waals surface area contributed by atoms with Gasteiger partial charge in [0.15, 0.2) is 0 Å². The minimum absolute atomic E-state index is 0.817. The Morgan fingerprint density at radius 1 is 1.23 bits per heavy atom. The lowest BCUT2D eigenvalue weighted by Gasteiger charge is -2.02. The molecule has 0 amide bonds. The van der Waals surface area contributed by atoms with Crippen molar-refractivity contribution in [3.05, 3.63) is 58.3 Å². The topological polar surface area (TPSA) is 50.7 Å². The average Bonchev–Trinajstić information content (AvgIpc) is 2.99. The van der Waals surface area contributed by atoms with Crippen molar-refractivity contribution in [1.82, 2.24) is 15.2 Å². The Bertz CT molecular complexity index is 758. The van der Waals surface area contributed by atoms with E-state index in [4.69, 9.17) is 0 Å². The standard InChI is InChI=1S/C16H15BrN4S/c1-11-4-5-13(17)9-14(11)15-20-21-16(22-15)19-8-6-12-3-2-7-18-10-12/h2-5,7,9-10H,6,8H2,1H3,(H,19,21). The van der Waals surface area contributed by atoms with E-state index in [-0.39, 0.29) is 0 Å². The van der Waals surface area contributed by atoms with E-state index >= 15 is 0 Å². The summed E-state index contributed by atoms with van der Waals surface area (Å²) < 4.78 is 1.05. The van der Waals surface area contributed by atoms with Gasteiger partial charge >= 0.3 is 0 Å². The Hall–Kier alpha value is -1.79. The first-order chi connectivity index (χ1) is 10.7. The van der Waals surface area contributed by atoms with Crippen molar-refractivity contribution in [3.8, 4) is 10.6 Å². The van der Waals surface area contributed by atoms with E-state index in [0.717, 1.165) is 33.1 Å². The predicted molar refractivity (Wildman–Crippen MR) is 94.2 cm³/mol. The Kier molecular flexibility index (Phi) is 4.80. The van der Waals surface area contributed by atoms with Crippen LogP contribution in [0.5, 0.6) is 0 Å². The molecule has 0 bridgehead atoms. The van der Waals surface area contributed by atoms with Gasteiger partial charge in [-0.2, -0.15) is 0 Å². The first-order valence-electron chi connectivity index (χ1n) is 6.95. The lowest BCUT2D eigenvalue weighted by atomic mass is 10.1. The van der Waals surface area contributed by atoms with Crippen LogP contribution in [0.2, 0.25) is 0 Å². The number of hydrogen-bond acceptors (Lipinski definition) is 5. The third-order valence-corrected chi connectivity index (χ3v) is 4.68. The highest BCUT2D eigenvalue weighted by atomic mass is 79.9. The molecule has 1 aromatic carbocycles. The number of anilines is 1. The molecule has 0 unspecified atom stereocenters. The number of benzene rings is 1. The fourth-order valence-electron chi connectivity index (χ4n) is 2.09. The van der Waals surface area contributed by atoms with Crippen LogP contribution in [0.15, 0.2) is 47.2 Å². The van der Waals surface area contributed by atoms with Crippen LogP contribution in [0.3, 0.4) is 0 Å². The summed E-state index contributed by atoms with van der Waals surface area (Å²) in [6, 6.07) is 10.2. The van der Waals surface area contributed by atoms with Gasteiger partial charge in [0, 0.05) is 29.0 Å². The SMILES string of the molecule is Cc1ccc(Br)cc1-c1nnc(NCCc2cccnc2)s1. The number of hydrogen-bond donors (Lipinski definition) is 1. The normalized spacial score (nSPS) is 10.6. The first kappa shape index (κ1) is 15.1. The Labute approximate surface area is 141 Å². The van der Waals surface area contributed by atoms with E-state index in [9.17, 15) is 0 Å². The molecule has 4 nitrogen and oxygen atoms in total. The van der Waals surface area contributed by atoms with Crippen LogP contribution < -0.4 is 5.32 Å². The molecule has 0 saturated heterocycles. The fourth-order valence-corrected chi connectivity index (χ4v) is 3.30. The zero-order valence-corrected chi connectivity index (χ0v) is 14.5. The summed E-state index contributed by atoms with van der Waals surface area (Å²) in [5, 5.41) is 13.6. The van der Waals surface area contributed by atoms with Crippen LogP contribution in [0, 0.1) is 6.92 Å². The summed E-state index contributed by atoms with van der Waals surface area (Å²) in [6.07, 6.45) is 4.59. The average molecular weight is 375 g/mol. The number of pyridine rings is 1. The molecular formula is C16H15BrN4S. The van der Waals surface area contributed by atoms with Crippen molar-refractivity contribution in [3.63, 3.8) is 0 Å². The van der Waals surface area contributed by atoms with Crippen molar-refractivity contribution in [2.45, 2.75) is 13.3 Å². The molecule has 1 N–H and O–H groups in total. The van der Waals surface area contributed by atoms with Gasteiger partial charge in [-0.25, -0.2) is 0 Å². The highest BCUT2D eigenvalue weighted by Gasteiger charge is 2.09. The van der Waals surface area contributed by atoms with Gasteiger partial charge in [0.25, 0.3) is 0 Å². The highest BCUT2D eigenvalue weighted by Crippen LogP contribution is 2.30. The summed E-state index contributed by atoms with van der Waals surface area (Å²) in [5.74, 6) is 0. The van der Waals surface area contributed by atoms with Crippen LogP contribution in [-0.2, 0) is 6.42 Å². The molecule has 0 aliphatic carbocycles. The van der Waals surface area contributed by atoms with E-state index in [2.05, 4.69) is 61.6 Å². The zero-order chi connectivity index (χ0) is 15.4. The molecule has 22 heavy (non-hydrogen) atoms. The van der Waals surface area contributed by atoms with E-state index < -0.39 is 0 Å². The van der Waals surface area contributed by atoms with Gasteiger partial charge < -0.3 is 5.32 Å². The third-order valence-electron chi connectivity index (χ3n) is 3.27. The minimum atomic E-state index is 0.817. The van der Waals surface area contributed by atoms with Gasteiger partial charge in [0.05, 0.1) is 0 Å². The second kappa shape index (κ2) is 6.98. The second-order valence-corrected chi connectivity index (χ2v) is 6.80. The summed E-state index contributed by atoms with van der Waals surface area (Å²) >= 11 is 5.08. The first-order valence-corrected chi connectivity index (χ1v) is 8.56. The van der Waals surface area contributed by atoms with Gasteiger partial charge in [-0.05, 0) is 42.7 Å². The maximum Gasteiger partial charge on any atom is 0.206 e. The van der Waals surface area contributed by atoms with Gasteiger partial charge in [-0.1, -0.05) is 39.4 Å². The summed E-state index contributed by atoms with van der Waals surface area (Å²) in [6.45, 7) is 2.90. The molecule has 2 aromatic heterocycles. The van der Waals surface area contributed by atoms with E-state index in [0.29, 0.717) is 0 Å². The van der Waals surface area contributed by atoms with Gasteiger partial charge in [0.2, 0.25) is 5.13 Å².